The van der Waals surface area contributed by atoms with Crippen molar-refractivity contribution in [3.8, 4) is 17.2 Å². The Morgan fingerprint density at radius 3 is 2.16 bits per heavy atom. The topological polar surface area (TPSA) is 188 Å². The molecule has 14 heteroatoms. The molecule has 4 N–H and O–H groups in total. The zero-order valence-electron chi connectivity index (χ0n) is 25.7. The molecule has 3 aromatic rings. The van der Waals surface area contributed by atoms with Crippen LogP contribution < -0.4 is 25.3 Å². The molecule has 0 fully saturated rings. The van der Waals surface area contributed by atoms with E-state index in [4.69, 9.17) is 31.7 Å². The maximum atomic E-state index is 13.0. The molecular formula is C29H42N4O9S. The summed E-state index contributed by atoms with van der Waals surface area (Å²) in [7, 11) is -2.35. The van der Waals surface area contributed by atoms with Crippen molar-refractivity contribution >= 4 is 38.7 Å². The van der Waals surface area contributed by atoms with Crippen molar-refractivity contribution in [3.05, 3.63) is 42.0 Å². The number of anilines is 1. The molecule has 0 saturated carbocycles. The summed E-state index contributed by atoms with van der Waals surface area (Å²) in [4.78, 5) is 26.7. The largest absolute Gasteiger partial charge is 0.748 e. The smallest absolute Gasteiger partial charge is 0.283 e. The number of methoxy groups -OCH3 is 1. The van der Waals surface area contributed by atoms with Gasteiger partial charge in [0.15, 0.2) is 28.9 Å². The lowest BCUT2D eigenvalue weighted by Crippen LogP contribution is -2.64. The van der Waals surface area contributed by atoms with E-state index in [1.807, 2.05) is 38.7 Å². The second-order valence-corrected chi connectivity index (χ2v) is 11.9. The number of ether oxygens (including phenoxy) is 3. The van der Waals surface area contributed by atoms with Crippen molar-refractivity contribution in [1.82, 2.24) is 10.1 Å². The number of carbonyl (C=O) groups is 2. The Morgan fingerprint density at radius 1 is 1.00 bits per heavy atom. The maximum Gasteiger partial charge on any atom is 0.283 e. The molecular weight excluding hydrogens is 580 g/mol. The van der Waals surface area contributed by atoms with Gasteiger partial charge in [0.05, 0.1) is 35.8 Å². The van der Waals surface area contributed by atoms with Gasteiger partial charge in [0.2, 0.25) is 0 Å². The second kappa shape index (κ2) is 16.1. The van der Waals surface area contributed by atoms with E-state index in [-0.39, 0.29) is 23.9 Å². The third-order valence-electron chi connectivity index (χ3n) is 5.96. The van der Waals surface area contributed by atoms with Gasteiger partial charge in [-0.15, -0.1) is 0 Å². The van der Waals surface area contributed by atoms with E-state index in [1.165, 1.54) is 0 Å². The molecule has 0 aliphatic carbocycles. The number of hydrogen-bond donors (Lipinski definition) is 2. The number of carbonyl (C=O) groups excluding carboxylic acids is 2. The highest BCUT2D eigenvalue weighted by Gasteiger charge is 2.23. The fourth-order valence-corrected chi connectivity index (χ4v) is 4.05. The van der Waals surface area contributed by atoms with Gasteiger partial charge < -0.3 is 39.2 Å². The van der Waals surface area contributed by atoms with Gasteiger partial charge >= 0.3 is 0 Å². The summed E-state index contributed by atoms with van der Waals surface area (Å²) in [5.41, 5.74) is 4.79. The highest BCUT2D eigenvalue weighted by molar-refractivity contribution is 7.84. The molecule has 13 nitrogen and oxygen atoms in total. The Balaban J connectivity index is 0.00000119. The van der Waals surface area contributed by atoms with Crippen LogP contribution in [0.25, 0.3) is 11.0 Å². The highest BCUT2D eigenvalue weighted by Crippen LogP contribution is 2.30. The van der Waals surface area contributed by atoms with Crippen molar-refractivity contribution in [2.75, 3.05) is 31.9 Å². The van der Waals surface area contributed by atoms with Crippen molar-refractivity contribution in [1.29, 1.82) is 0 Å². The van der Waals surface area contributed by atoms with Crippen LogP contribution in [0.15, 0.2) is 40.9 Å². The van der Waals surface area contributed by atoms with Crippen LogP contribution in [0.3, 0.4) is 0 Å². The second-order valence-electron chi connectivity index (χ2n) is 10.5. The molecule has 1 aromatic heterocycles. The number of fused-ring (bicyclic) bond motifs is 1. The molecule has 2 amide bonds. The Hall–Kier alpha value is -3.88. The summed E-state index contributed by atoms with van der Waals surface area (Å²) in [5, 5.41) is 7.33. The summed E-state index contributed by atoms with van der Waals surface area (Å²) < 4.78 is 49.8. The lowest BCUT2D eigenvalue weighted by atomic mass is 10.1. The predicted octanol–water partition coefficient (Wildman–Crippen LogP) is 3.06. The summed E-state index contributed by atoms with van der Waals surface area (Å²) in [6.07, 6.45) is 2.14. The lowest BCUT2D eigenvalue weighted by Gasteiger charge is -2.31. The number of hydrogen-bond acceptors (Lipinski definition) is 10. The van der Waals surface area contributed by atoms with Crippen molar-refractivity contribution in [2.24, 2.45) is 0 Å². The molecule has 2 aromatic carbocycles. The molecule has 0 bridgehead atoms. The van der Waals surface area contributed by atoms with Crippen LogP contribution in [0.1, 0.15) is 57.8 Å². The van der Waals surface area contributed by atoms with Gasteiger partial charge in [-0.3, -0.25) is 9.59 Å². The minimum absolute atomic E-state index is 0.0330. The number of rotatable bonds is 13. The fraction of sp³-hybridized carbons (Fsp3) is 0.483. The van der Waals surface area contributed by atoms with Gasteiger partial charge in [-0.05, 0) is 77.8 Å². The summed E-state index contributed by atoms with van der Waals surface area (Å²) in [5.74, 6) is 1.88. The monoisotopic (exact) mass is 622 g/mol. The number of quaternary nitrogens is 1. The number of nitrogens with zero attached hydrogens (tertiary/aromatic N) is 2. The Bertz CT molecular complexity index is 1450. The van der Waals surface area contributed by atoms with E-state index in [9.17, 15) is 9.59 Å². The average molecular weight is 623 g/mol. The van der Waals surface area contributed by atoms with Crippen LogP contribution in [-0.2, 0) is 14.9 Å². The first kappa shape index (κ1) is 35.3. The van der Waals surface area contributed by atoms with E-state index in [0.29, 0.717) is 59.1 Å². The maximum absolute atomic E-state index is 13.0. The van der Waals surface area contributed by atoms with E-state index in [1.54, 1.807) is 44.4 Å². The summed E-state index contributed by atoms with van der Waals surface area (Å²) in [6.45, 7) is 10.7. The Labute approximate surface area is 252 Å². The van der Waals surface area contributed by atoms with Crippen LogP contribution in [0.4, 0.5) is 5.82 Å². The van der Waals surface area contributed by atoms with Crippen molar-refractivity contribution in [3.63, 3.8) is 0 Å². The molecule has 0 unspecified atom stereocenters. The third-order valence-corrected chi connectivity index (χ3v) is 5.96. The number of benzene rings is 2. The average Bonchev–Trinajstić information content (AvgIpc) is 3.30. The molecule has 1 heterocycles. The first-order valence-electron chi connectivity index (χ1n) is 13.8. The number of unbranched alkanes of at least 4 members (excludes halogenated alkanes) is 1. The minimum Gasteiger partial charge on any atom is -0.748 e. The van der Waals surface area contributed by atoms with E-state index in [2.05, 4.69) is 16.2 Å². The molecule has 0 aliphatic rings. The van der Waals surface area contributed by atoms with Crippen LogP contribution in [0.5, 0.6) is 17.2 Å². The van der Waals surface area contributed by atoms with Crippen LogP contribution >= 0.6 is 0 Å². The van der Waals surface area contributed by atoms with Crippen LogP contribution in [0, 0.1) is 0 Å². The summed E-state index contributed by atoms with van der Waals surface area (Å²) >= 11 is 0. The van der Waals surface area contributed by atoms with Gasteiger partial charge in [0.25, 0.3) is 11.8 Å². The Morgan fingerprint density at radius 2 is 1.60 bits per heavy atom. The van der Waals surface area contributed by atoms with Gasteiger partial charge in [-0.2, -0.15) is 0 Å². The zero-order chi connectivity index (χ0) is 32.3. The first-order valence-corrected chi connectivity index (χ1v) is 15.6. The quantitative estimate of drug-likeness (QED) is 0.212. The number of amides is 2. The predicted molar refractivity (Wildman–Crippen MR) is 160 cm³/mol. The molecule has 1 atom stereocenters. The molecule has 0 saturated heterocycles. The van der Waals surface area contributed by atoms with Crippen molar-refractivity contribution in [2.45, 2.75) is 65.6 Å². The molecule has 238 valence electrons. The molecule has 0 spiro atoms. The molecule has 3 rings (SSSR count). The van der Waals surface area contributed by atoms with Crippen LogP contribution in [-0.4, -0.2) is 79.5 Å². The zero-order valence-corrected chi connectivity index (χ0v) is 26.5. The molecule has 0 aliphatic heterocycles. The fourth-order valence-electron chi connectivity index (χ4n) is 4.05. The van der Waals surface area contributed by atoms with Gasteiger partial charge in [-0.1, -0.05) is 5.16 Å². The Kier molecular flexibility index (Phi) is 13.2. The van der Waals surface area contributed by atoms with E-state index in [0.717, 1.165) is 12.8 Å². The minimum atomic E-state index is -3.92. The third kappa shape index (κ3) is 11.4. The number of nitrogens with one attached hydrogen (secondary N) is 1. The molecule has 0 radical (unpaired) electrons. The van der Waals surface area contributed by atoms with Gasteiger partial charge in [-0.25, -0.2) is 8.42 Å². The van der Waals surface area contributed by atoms with Gasteiger partial charge in [0, 0.05) is 30.0 Å². The highest BCUT2D eigenvalue weighted by atomic mass is 32.2. The summed E-state index contributed by atoms with van der Waals surface area (Å²) in [6, 6.07) is 10.4. The van der Waals surface area contributed by atoms with E-state index >= 15 is 0 Å². The lowest BCUT2D eigenvalue weighted by molar-refractivity contribution is -0.396. The van der Waals surface area contributed by atoms with E-state index < -0.39 is 16.2 Å². The molecule has 43 heavy (non-hydrogen) atoms. The normalized spacial score (nSPS) is 12.0. The first-order chi connectivity index (χ1) is 20.1. The van der Waals surface area contributed by atoms with Crippen LogP contribution in [0.2, 0.25) is 0 Å². The SMILES string of the molecule is COc1cc(C(=O)N(C(C)C)C(C)C)ccc1OCCCCOc1ccc2c(NC(=O)[C@H](C)[NH3+])noc2c1.CS(=O)(=O)[O-]. The number of aromatic nitrogens is 1. The van der Waals surface area contributed by atoms with Crippen molar-refractivity contribution < 1.29 is 47.0 Å². The van der Waals surface area contributed by atoms with Gasteiger partial charge in [0.1, 0.15) is 5.75 Å². The standard InChI is InChI=1S/C28H38N4O6.CH4O3S/c1-17(2)32(18(3)4)28(34)20-9-12-23(25(15-20)35-6)37-14-8-7-13-36-21-10-11-22-24(16-21)38-31-26(22)30-27(33)19(5)29;1-5(2,3)4/h9-12,15-19H,7-8,13-14,29H2,1-6H3,(H,30,31,33);1H3,(H,2,3,4)/t19-;/m0./s1.